The lowest BCUT2D eigenvalue weighted by atomic mass is 9.94. The maximum atomic E-state index is 13.9. The van der Waals surface area contributed by atoms with Crippen LogP contribution in [-0.2, 0) is 20.9 Å². The largest absolute Gasteiger partial charge is 0.497 e. The fraction of sp³-hybridized carbons (Fsp3) is 0.387. The summed E-state index contributed by atoms with van der Waals surface area (Å²) < 4.78 is 12.7. The van der Waals surface area contributed by atoms with Gasteiger partial charge in [0.2, 0.25) is 5.91 Å². The van der Waals surface area contributed by atoms with Crippen LogP contribution in [0.15, 0.2) is 64.6 Å². The van der Waals surface area contributed by atoms with Gasteiger partial charge in [-0.1, -0.05) is 37.5 Å². The summed E-state index contributed by atoms with van der Waals surface area (Å²) in [5.74, 6) is 0.852. The summed E-state index contributed by atoms with van der Waals surface area (Å²) in [6, 6.07) is 15.8. The third-order valence-corrected chi connectivity index (χ3v) is 8.83. The Balaban J connectivity index is 1.33. The number of nitrogens with zero attached hydrogens (tertiary/aromatic N) is 4. The third-order valence-electron chi connectivity index (χ3n) is 7.85. The average molecular weight is 559 g/mol. The lowest BCUT2D eigenvalue weighted by Gasteiger charge is -2.30. The molecule has 0 N–H and O–H groups in total. The van der Waals surface area contributed by atoms with Gasteiger partial charge in [0.05, 0.1) is 30.9 Å². The molecule has 8 nitrogen and oxygen atoms in total. The molecule has 2 aromatic carbocycles. The fourth-order valence-electron chi connectivity index (χ4n) is 5.71. The van der Waals surface area contributed by atoms with E-state index in [4.69, 9.17) is 14.5 Å². The van der Waals surface area contributed by atoms with E-state index in [0.29, 0.717) is 31.2 Å². The first-order chi connectivity index (χ1) is 19.6. The van der Waals surface area contributed by atoms with Gasteiger partial charge >= 0.3 is 0 Å². The summed E-state index contributed by atoms with van der Waals surface area (Å²) in [6.07, 6.45) is 9.40. The van der Waals surface area contributed by atoms with Crippen molar-refractivity contribution in [3.63, 3.8) is 0 Å². The van der Waals surface area contributed by atoms with E-state index in [1.165, 1.54) is 18.2 Å². The van der Waals surface area contributed by atoms with Gasteiger partial charge in [-0.25, -0.2) is 4.99 Å². The van der Waals surface area contributed by atoms with Crippen LogP contribution < -0.4 is 4.74 Å². The second-order valence-corrected chi connectivity index (χ2v) is 11.4. The Morgan fingerprint density at radius 3 is 2.58 bits per heavy atom. The molecule has 2 saturated heterocycles. The minimum atomic E-state index is 0.00499. The molecule has 3 aliphatic rings. The number of methoxy groups -OCH3 is 1. The number of aliphatic imine (C=N–C) groups is 1. The Hall–Kier alpha value is -3.56. The Bertz CT molecular complexity index is 1450. The molecule has 1 aromatic heterocycles. The van der Waals surface area contributed by atoms with E-state index in [9.17, 15) is 9.59 Å². The molecule has 0 atom stereocenters. The van der Waals surface area contributed by atoms with Crippen LogP contribution in [0.1, 0.15) is 37.7 Å². The van der Waals surface area contributed by atoms with Crippen LogP contribution in [0.25, 0.3) is 17.0 Å². The first-order valence-corrected chi connectivity index (χ1v) is 14.8. The molecule has 6 rings (SSSR count). The van der Waals surface area contributed by atoms with Crippen molar-refractivity contribution in [3.8, 4) is 5.75 Å². The molecule has 40 heavy (non-hydrogen) atoms. The number of carbonyl (C=O) groups is 2. The highest BCUT2D eigenvalue weighted by molar-refractivity contribution is 8.18. The van der Waals surface area contributed by atoms with Crippen LogP contribution in [0, 0.1) is 0 Å². The SMILES string of the molecule is COc1ccc(N=C2S/C(=C/c3cn(CC(=O)N4CCOCC4)c4ccccc34)C(=O)N2C2CCCCC2)cc1. The van der Waals surface area contributed by atoms with Crippen molar-refractivity contribution in [2.24, 2.45) is 4.99 Å². The summed E-state index contributed by atoms with van der Waals surface area (Å²) in [5.41, 5.74) is 2.69. The molecule has 0 radical (unpaired) electrons. The smallest absolute Gasteiger partial charge is 0.267 e. The van der Waals surface area contributed by atoms with Gasteiger partial charge in [-0.2, -0.15) is 0 Å². The number of rotatable bonds is 6. The summed E-state index contributed by atoms with van der Waals surface area (Å²) in [4.78, 5) is 36.3. The molecule has 3 heterocycles. The lowest BCUT2D eigenvalue weighted by molar-refractivity contribution is -0.135. The van der Waals surface area contributed by atoms with Crippen LogP contribution >= 0.6 is 11.8 Å². The zero-order chi connectivity index (χ0) is 27.5. The maximum absolute atomic E-state index is 13.9. The number of amidine groups is 1. The molecular formula is C31H34N4O4S. The number of carbonyl (C=O) groups excluding carboxylic acids is 2. The molecule has 1 aliphatic carbocycles. The van der Waals surface area contributed by atoms with Crippen molar-refractivity contribution in [1.29, 1.82) is 0 Å². The summed E-state index contributed by atoms with van der Waals surface area (Å²) >= 11 is 1.43. The zero-order valence-corrected chi connectivity index (χ0v) is 23.6. The molecular weight excluding hydrogens is 524 g/mol. The van der Waals surface area contributed by atoms with E-state index in [2.05, 4.69) is 0 Å². The molecule has 0 unspecified atom stereocenters. The van der Waals surface area contributed by atoms with E-state index in [1.807, 2.05) is 75.2 Å². The molecule has 2 aliphatic heterocycles. The normalized spacial score (nSPS) is 20.7. The molecule has 3 aromatic rings. The van der Waals surface area contributed by atoms with E-state index >= 15 is 0 Å². The van der Waals surface area contributed by atoms with Gasteiger partial charge in [0, 0.05) is 41.8 Å². The van der Waals surface area contributed by atoms with Crippen molar-refractivity contribution < 1.29 is 19.1 Å². The molecule has 9 heteroatoms. The van der Waals surface area contributed by atoms with E-state index in [0.717, 1.165) is 58.8 Å². The van der Waals surface area contributed by atoms with Gasteiger partial charge in [-0.05, 0) is 61.0 Å². The highest BCUT2D eigenvalue weighted by Gasteiger charge is 2.39. The van der Waals surface area contributed by atoms with Crippen molar-refractivity contribution in [2.45, 2.75) is 44.7 Å². The Morgan fingerprint density at radius 1 is 1.07 bits per heavy atom. The molecule has 2 amide bonds. The van der Waals surface area contributed by atoms with Gasteiger partial charge < -0.3 is 18.9 Å². The van der Waals surface area contributed by atoms with E-state index in [-0.39, 0.29) is 24.4 Å². The van der Waals surface area contributed by atoms with E-state index in [1.54, 1.807) is 7.11 Å². The molecule has 3 fully saturated rings. The van der Waals surface area contributed by atoms with Crippen molar-refractivity contribution in [2.75, 3.05) is 33.4 Å². The molecule has 0 bridgehead atoms. The van der Waals surface area contributed by atoms with Crippen LogP contribution in [0.5, 0.6) is 5.75 Å². The fourth-order valence-corrected chi connectivity index (χ4v) is 6.76. The summed E-state index contributed by atoms with van der Waals surface area (Å²) in [6.45, 7) is 2.64. The Kier molecular flexibility index (Phi) is 7.93. The van der Waals surface area contributed by atoms with Gasteiger partial charge in [0.25, 0.3) is 5.91 Å². The minimum absolute atomic E-state index is 0.00499. The van der Waals surface area contributed by atoms with Gasteiger partial charge in [-0.3, -0.25) is 14.5 Å². The van der Waals surface area contributed by atoms with Crippen molar-refractivity contribution in [1.82, 2.24) is 14.4 Å². The number of aromatic nitrogens is 1. The number of hydrogen-bond donors (Lipinski definition) is 0. The predicted molar refractivity (Wildman–Crippen MR) is 159 cm³/mol. The van der Waals surface area contributed by atoms with Crippen molar-refractivity contribution in [3.05, 3.63) is 65.2 Å². The zero-order valence-electron chi connectivity index (χ0n) is 22.8. The number of fused-ring (bicyclic) bond motifs is 1. The topological polar surface area (TPSA) is 76.4 Å². The first kappa shape index (κ1) is 26.7. The van der Waals surface area contributed by atoms with Crippen LogP contribution in [0.4, 0.5) is 5.69 Å². The molecule has 1 saturated carbocycles. The predicted octanol–water partition coefficient (Wildman–Crippen LogP) is 5.45. The second-order valence-electron chi connectivity index (χ2n) is 10.4. The van der Waals surface area contributed by atoms with Crippen LogP contribution in [-0.4, -0.2) is 70.8 Å². The number of benzene rings is 2. The summed E-state index contributed by atoms with van der Waals surface area (Å²) in [7, 11) is 1.64. The quantitative estimate of drug-likeness (QED) is 0.377. The standard InChI is InChI=1S/C31H34N4O4S/c1-38-25-13-11-23(12-14-25)32-31-35(24-7-3-2-4-8-24)30(37)28(40-31)19-22-20-34(27-10-6-5-9-26(22)27)21-29(36)33-15-17-39-18-16-33/h5-6,9-14,19-20,24H,2-4,7-8,15-18,21H2,1H3/b28-19+,32-31?. The first-order valence-electron chi connectivity index (χ1n) is 14.0. The Labute approximate surface area is 238 Å². The average Bonchev–Trinajstić information content (AvgIpc) is 3.50. The monoisotopic (exact) mass is 558 g/mol. The number of thioether (sulfide) groups is 1. The van der Waals surface area contributed by atoms with Crippen molar-refractivity contribution >= 4 is 51.4 Å². The van der Waals surface area contributed by atoms with Crippen LogP contribution in [0.3, 0.4) is 0 Å². The lowest BCUT2D eigenvalue weighted by Crippen LogP contribution is -2.42. The number of amides is 2. The second kappa shape index (κ2) is 11.9. The highest BCUT2D eigenvalue weighted by atomic mass is 32.2. The van der Waals surface area contributed by atoms with Gasteiger partial charge in [0.1, 0.15) is 12.3 Å². The van der Waals surface area contributed by atoms with Crippen LogP contribution in [0.2, 0.25) is 0 Å². The number of para-hydroxylation sites is 1. The number of ether oxygens (including phenoxy) is 2. The maximum Gasteiger partial charge on any atom is 0.267 e. The van der Waals surface area contributed by atoms with E-state index < -0.39 is 0 Å². The number of morpholine rings is 1. The van der Waals surface area contributed by atoms with Gasteiger partial charge in [-0.15, -0.1) is 0 Å². The number of hydrogen-bond acceptors (Lipinski definition) is 6. The molecule has 208 valence electrons. The summed E-state index contributed by atoms with van der Waals surface area (Å²) in [5, 5.41) is 1.74. The third kappa shape index (κ3) is 5.53. The highest BCUT2D eigenvalue weighted by Crippen LogP contribution is 2.39. The van der Waals surface area contributed by atoms with Gasteiger partial charge in [0.15, 0.2) is 5.17 Å². The molecule has 0 spiro atoms. The Morgan fingerprint density at radius 2 is 1.82 bits per heavy atom. The minimum Gasteiger partial charge on any atom is -0.497 e.